The van der Waals surface area contributed by atoms with Gasteiger partial charge in [-0.1, -0.05) is 6.42 Å². The first kappa shape index (κ1) is 18.3. The van der Waals surface area contributed by atoms with Crippen LogP contribution in [0.3, 0.4) is 0 Å². The molecular formula is C17H25N3O4S. The first-order valence-corrected chi connectivity index (χ1v) is 10.2. The molecule has 138 valence electrons. The topological polar surface area (TPSA) is 83.8 Å². The smallest absolute Gasteiger partial charge is 0.271 e. The van der Waals surface area contributed by atoms with E-state index in [0.29, 0.717) is 17.7 Å². The zero-order chi connectivity index (χ0) is 18.4. The molecule has 0 bridgehead atoms. The van der Waals surface area contributed by atoms with Gasteiger partial charge in [0.15, 0.2) is 0 Å². The molecule has 0 radical (unpaired) electrons. The molecule has 1 aromatic carbocycles. The predicted octanol–water partition coefficient (Wildman–Crippen LogP) is 2.46. The van der Waals surface area contributed by atoms with E-state index in [1.54, 1.807) is 18.2 Å². The van der Waals surface area contributed by atoms with Crippen molar-refractivity contribution >= 4 is 15.7 Å². The van der Waals surface area contributed by atoms with Crippen molar-refractivity contribution in [2.75, 3.05) is 19.6 Å². The van der Waals surface area contributed by atoms with Crippen LogP contribution in [-0.2, 0) is 10.0 Å². The zero-order valence-electron chi connectivity index (χ0n) is 14.9. The first-order chi connectivity index (χ1) is 11.7. The number of aryl methyl sites for hydroxylation is 1. The molecule has 2 saturated heterocycles. The van der Waals surface area contributed by atoms with E-state index >= 15 is 0 Å². The highest BCUT2D eigenvalue weighted by molar-refractivity contribution is 7.89. The van der Waals surface area contributed by atoms with Crippen molar-refractivity contribution in [3.63, 3.8) is 0 Å². The Balaban J connectivity index is 2.00. The van der Waals surface area contributed by atoms with Crippen LogP contribution in [0.5, 0.6) is 0 Å². The van der Waals surface area contributed by atoms with Crippen molar-refractivity contribution in [1.29, 1.82) is 0 Å². The summed E-state index contributed by atoms with van der Waals surface area (Å²) in [5.41, 5.74) is 1.03. The highest BCUT2D eigenvalue weighted by atomic mass is 32.2. The van der Waals surface area contributed by atoms with Gasteiger partial charge in [-0.2, -0.15) is 4.31 Å². The number of non-ortho nitro benzene ring substituents is 1. The zero-order valence-corrected chi connectivity index (χ0v) is 15.8. The molecule has 0 N–H and O–H groups in total. The molecule has 2 aliphatic rings. The Morgan fingerprint density at radius 2 is 1.92 bits per heavy atom. The predicted molar refractivity (Wildman–Crippen MR) is 95.1 cm³/mol. The average molecular weight is 367 g/mol. The molecule has 7 nitrogen and oxygen atoms in total. The van der Waals surface area contributed by atoms with Crippen LogP contribution in [-0.4, -0.2) is 54.3 Å². The Hall–Kier alpha value is -1.51. The molecule has 0 amide bonds. The number of hydrogen-bond donors (Lipinski definition) is 0. The van der Waals surface area contributed by atoms with E-state index in [4.69, 9.17) is 0 Å². The number of rotatable bonds is 3. The number of nitro benzene ring substituents is 1. The lowest BCUT2D eigenvalue weighted by Gasteiger charge is -2.46. The van der Waals surface area contributed by atoms with Gasteiger partial charge in [-0.15, -0.1) is 0 Å². The van der Waals surface area contributed by atoms with Crippen LogP contribution in [0.25, 0.3) is 0 Å². The van der Waals surface area contributed by atoms with E-state index in [2.05, 4.69) is 4.90 Å². The minimum absolute atomic E-state index is 0.0651. The Labute approximate surface area is 148 Å². The number of sulfonamides is 1. The van der Waals surface area contributed by atoms with Crippen LogP contribution in [0.15, 0.2) is 17.0 Å². The number of fused-ring (bicyclic) bond motifs is 1. The monoisotopic (exact) mass is 367 g/mol. The molecule has 1 aromatic rings. The van der Waals surface area contributed by atoms with Gasteiger partial charge in [0.1, 0.15) is 0 Å². The van der Waals surface area contributed by atoms with Crippen molar-refractivity contribution in [2.24, 2.45) is 0 Å². The van der Waals surface area contributed by atoms with Gasteiger partial charge in [0.2, 0.25) is 10.0 Å². The summed E-state index contributed by atoms with van der Waals surface area (Å²) in [6, 6.07) is 2.74. The van der Waals surface area contributed by atoms with Crippen molar-refractivity contribution in [1.82, 2.24) is 9.21 Å². The van der Waals surface area contributed by atoms with E-state index in [0.717, 1.165) is 25.9 Å². The summed E-state index contributed by atoms with van der Waals surface area (Å²) in [6.45, 7) is 7.55. The van der Waals surface area contributed by atoms with Crippen LogP contribution in [0.2, 0.25) is 0 Å². The van der Waals surface area contributed by atoms with Gasteiger partial charge in [0, 0.05) is 37.3 Å². The highest BCUT2D eigenvalue weighted by Crippen LogP contribution is 2.32. The van der Waals surface area contributed by atoms with Gasteiger partial charge in [0.25, 0.3) is 5.69 Å². The third-order valence-electron chi connectivity index (χ3n) is 5.53. The molecule has 0 aliphatic carbocycles. The summed E-state index contributed by atoms with van der Waals surface area (Å²) >= 11 is 0. The van der Waals surface area contributed by atoms with Crippen molar-refractivity contribution in [3.8, 4) is 0 Å². The maximum absolute atomic E-state index is 13.3. The molecule has 0 aromatic heterocycles. The summed E-state index contributed by atoms with van der Waals surface area (Å²) in [5, 5.41) is 11.2. The minimum atomic E-state index is -3.77. The Bertz CT molecular complexity index is 793. The lowest BCUT2D eigenvalue weighted by atomic mass is 9.99. The number of benzene rings is 1. The minimum Gasteiger partial charge on any atom is -0.297 e. The second-order valence-electron chi connectivity index (χ2n) is 7.21. The molecule has 2 atom stereocenters. The standard InChI is InChI=1S/C17H25N3O4S/c1-12-8-16(20(21)22)9-17(14(12)3)25(23,24)19-11-15-6-4-5-7-18(15)10-13(19)2/h8-9,13,15H,4-7,10-11H2,1-3H3/t13-,15-/m0/s1. The van der Waals surface area contributed by atoms with Gasteiger partial charge in [-0.3, -0.25) is 15.0 Å². The maximum atomic E-state index is 13.3. The summed E-state index contributed by atoms with van der Waals surface area (Å²) < 4.78 is 28.2. The summed E-state index contributed by atoms with van der Waals surface area (Å²) in [5.74, 6) is 0. The molecule has 2 fully saturated rings. The molecule has 0 saturated carbocycles. The van der Waals surface area contributed by atoms with E-state index in [-0.39, 0.29) is 22.7 Å². The van der Waals surface area contributed by atoms with Crippen LogP contribution in [0.1, 0.15) is 37.3 Å². The highest BCUT2D eigenvalue weighted by Gasteiger charge is 2.40. The fourth-order valence-electron chi connectivity index (χ4n) is 3.97. The number of piperidine rings is 1. The molecule has 2 heterocycles. The molecule has 2 aliphatic heterocycles. The van der Waals surface area contributed by atoms with Crippen molar-refractivity contribution in [3.05, 3.63) is 33.4 Å². The number of piperazine rings is 1. The Morgan fingerprint density at radius 1 is 1.20 bits per heavy atom. The van der Waals surface area contributed by atoms with Crippen LogP contribution in [0, 0.1) is 24.0 Å². The molecular weight excluding hydrogens is 342 g/mol. The summed E-state index contributed by atoms with van der Waals surface area (Å²) in [7, 11) is -3.77. The number of nitro groups is 1. The van der Waals surface area contributed by atoms with E-state index in [1.807, 2.05) is 6.92 Å². The third kappa shape index (κ3) is 3.30. The van der Waals surface area contributed by atoms with Gasteiger partial charge in [-0.05, 0) is 51.3 Å². The number of hydrogen-bond acceptors (Lipinski definition) is 5. The van der Waals surface area contributed by atoms with Crippen LogP contribution in [0.4, 0.5) is 5.69 Å². The maximum Gasteiger partial charge on any atom is 0.271 e. The van der Waals surface area contributed by atoms with Gasteiger partial charge < -0.3 is 0 Å². The van der Waals surface area contributed by atoms with Crippen LogP contribution >= 0.6 is 0 Å². The van der Waals surface area contributed by atoms with Gasteiger partial charge in [-0.25, -0.2) is 8.42 Å². The second kappa shape index (κ2) is 6.66. The van der Waals surface area contributed by atoms with Crippen molar-refractivity contribution in [2.45, 2.75) is 57.0 Å². The SMILES string of the molecule is Cc1cc([N+](=O)[O-])cc(S(=O)(=O)N2C[C@@H]3CCCCN3C[C@@H]2C)c1C. The third-order valence-corrected chi connectivity index (χ3v) is 7.64. The van der Waals surface area contributed by atoms with E-state index in [9.17, 15) is 18.5 Å². The van der Waals surface area contributed by atoms with Crippen LogP contribution < -0.4 is 0 Å². The summed E-state index contributed by atoms with van der Waals surface area (Å²) in [4.78, 5) is 13.1. The molecule has 3 rings (SSSR count). The molecule has 0 spiro atoms. The Kier molecular flexibility index (Phi) is 4.87. The van der Waals surface area contributed by atoms with E-state index < -0.39 is 14.9 Å². The van der Waals surface area contributed by atoms with Gasteiger partial charge >= 0.3 is 0 Å². The number of nitrogens with zero attached hydrogens (tertiary/aromatic N) is 3. The molecule has 0 unspecified atom stereocenters. The quantitative estimate of drug-likeness (QED) is 0.605. The second-order valence-corrected chi connectivity index (χ2v) is 9.07. The average Bonchev–Trinajstić information content (AvgIpc) is 2.56. The molecule has 8 heteroatoms. The Morgan fingerprint density at radius 3 is 2.60 bits per heavy atom. The van der Waals surface area contributed by atoms with Gasteiger partial charge in [0.05, 0.1) is 9.82 Å². The van der Waals surface area contributed by atoms with E-state index in [1.165, 1.54) is 18.6 Å². The lowest BCUT2D eigenvalue weighted by molar-refractivity contribution is -0.385. The summed E-state index contributed by atoms with van der Waals surface area (Å²) in [6.07, 6.45) is 3.29. The normalized spacial score (nSPS) is 25.6. The fraction of sp³-hybridized carbons (Fsp3) is 0.647. The fourth-order valence-corrected chi connectivity index (χ4v) is 5.95. The first-order valence-electron chi connectivity index (χ1n) is 8.73. The molecule has 25 heavy (non-hydrogen) atoms. The lowest BCUT2D eigenvalue weighted by Crippen LogP contribution is -2.59. The van der Waals surface area contributed by atoms with Crippen molar-refractivity contribution < 1.29 is 13.3 Å². The largest absolute Gasteiger partial charge is 0.297 e.